The van der Waals surface area contributed by atoms with E-state index in [1.165, 1.54) is 0 Å². The summed E-state index contributed by atoms with van der Waals surface area (Å²) in [7, 11) is 3.19. The van der Waals surface area contributed by atoms with Crippen molar-refractivity contribution < 1.29 is 19.1 Å². The summed E-state index contributed by atoms with van der Waals surface area (Å²) in [6.45, 7) is 8.39. The maximum Gasteiger partial charge on any atom is 0.243 e. The fraction of sp³-hybridized carbons (Fsp3) is 0.481. The van der Waals surface area contributed by atoms with Crippen molar-refractivity contribution in [2.45, 2.75) is 72.0 Å². The predicted octanol–water partition coefficient (Wildman–Crippen LogP) is 4.67. The lowest BCUT2D eigenvalue weighted by Gasteiger charge is -2.31. The van der Waals surface area contributed by atoms with Gasteiger partial charge in [0.15, 0.2) is 11.5 Å². The number of nitrogens with zero attached hydrogens (tertiary/aromatic N) is 1. The molecule has 0 unspecified atom stereocenters. The molecule has 33 heavy (non-hydrogen) atoms. The largest absolute Gasteiger partial charge is 0.493 e. The molecule has 0 heterocycles. The molecule has 1 N–H and O–H groups in total. The van der Waals surface area contributed by atoms with Crippen LogP contribution < -0.4 is 14.8 Å². The highest BCUT2D eigenvalue weighted by atomic mass is 16.5. The van der Waals surface area contributed by atoms with E-state index in [0.29, 0.717) is 37.3 Å². The summed E-state index contributed by atoms with van der Waals surface area (Å²) in [5.74, 6) is 1.15. The normalized spacial score (nSPS) is 12.5. The van der Waals surface area contributed by atoms with Gasteiger partial charge in [0.25, 0.3) is 0 Å². The molecular formula is C27H38N2O4. The standard InChI is InChI=1S/C27H38N2O4/c1-7-20(4)28-27(31)23(8-2)29(18-22-11-9-10-19(3)16-22)26(30)15-13-21-12-14-24(32-5)25(17-21)33-6/h9-12,14,16-17,20,23H,7-8,13,15,18H2,1-6H3,(H,28,31)/t20-,23+/m0/s1. The first-order chi connectivity index (χ1) is 15.8. The third-order valence-electron chi connectivity index (χ3n) is 5.90. The smallest absolute Gasteiger partial charge is 0.243 e. The molecule has 0 fully saturated rings. The minimum atomic E-state index is -0.516. The summed E-state index contributed by atoms with van der Waals surface area (Å²) < 4.78 is 10.7. The van der Waals surface area contributed by atoms with Gasteiger partial charge in [0.2, 0.25) is 11.8 Å². The Morgan fingerprint density at radius 2 is 1.70 bits per heavy atom. The Kier molecular flexibility index (Phi) is 10.2. The van der Waals surface area contributed by atoms with Crippen LogP contribution in [0.25, 0.3) is 0 Å². The minimum Gasteiger partial charge on any atom is -0.493 e. The van der Waals surface area contributed by atoms with Gasteiger partial charge in [-0.2, -0.15) is 0 Å². The highest BCUT2D eigenvalue weighted by molar-refractivity contribution is 5.88. The molecule has 0 radical (unpaired) electrons. The fourth-order valence-corrected chi connectivity index (χ4v) is 3.80. The van der Waals surface area contributed by atoms with E-state index in [2.05, 4.69) is 11.4 Å². The molecule has 2 aromatic carbocycles. The van der Waals surface area contributed by atoms with Gasteiger partial charge >= 0.3 is 0 Å². The summed E-state index contributed by atoms with van der Waals surface area (Å²) >= 11 is 0. The molecule has 2 amide bonds. The summed E-state index contributed by atoms with van der Waals surface area (Å²) in [5, 5.41) is 3.05. The third kappa shape index (κ3) is 7.52. The van der Waals surface area contributed by atoms with E-state index in [9.17, 15) is 9.59 Å². The van der Waals surface area contributed by atoms with Gasteiger partial charge in [0.05, 0.1) is 14.2 Å². The van der Waals surface area contributed by atoms with Crippen molar-refractivity contribution in [3.63, 3.8) is 0 Å². The van der Waals surface area contributed by atoms with Crippen molar-refractivity contribution in [2.75, 3.05) is 14.2 Å². The highest BCUT2D eigenvalue weighted by Crippen LogP contribution is 2.28. The Labute approximate surface area is 198 Å². The third-order valence-corrected chi connectivity index (χ3v) is 5.90. The van der Waals surface area contributed by atoms with E-state index in [1.807, 2.05) is 64.1 Å². The van der Waals surface area contributed by atoms with Gasteiger partial charge in [0, 0.05) is 19.0 Å². The second-order valence-electron chi connectivity index (χ2n) is 8.44. The first kappa shape index (κ1) is 26.2. The van der Waals surface area contributed by atoms with Crippen LogP contribution >= 0.6 is 0 Å². The lowest BCUT2D eigenvalue weighted by Crippen LogP contribution is -2.50. The number of nitrogens with one attached hydrogen (secondary N) is 1. The van der Waals surface area contributed by atoms with Gasteiger partial charge in [-0.3, -0.25) is 9.59 Å². The molecule has 0 aliphatic carbocycles. The number of hydrogen-bond donors (Lipinski definition) is 1. The van der Waals surface area contributed by atoms with Crippen molar-refractivity contribution >= 4 is 11.8 Å². The topological polar surface area (TPSA) is 67.9 Å². The Hall–Kier alpha value is -3.02. The molecule has 0 saturated carbocycles. The monoisotopic (exact) mass is 454 g/mol. The zero-order valence-electron chi connectivity index (χ0n) is 20.8. The lowest BCUT2D eigenvalue weighted by molar-refractivity contribution is -0.141. The van der Waals surface area contributed by atoms with E-state index in [0.717, 1.165) is 23.1 Å². The SMILES string of the molecule is CC[C@H](C(=O)N[C@@H](C)CC)N(Cc1cccc(C)c1)C(=O)CCc1ccc(OC)c(OC)c1. The van der Waals surface area contributed by atoms with Crippen molar-refractivity contribution in [3.05, 3.63) is 59.2 Å². The molecule has 180 valence electrons. The zero-order chi connectivity index (χ0) is 24.4. The Bertz CT molecular complexity index is 928. The zero-order valence-corrected chi connectivity index (χ0v) is 20.8. The number of methoxy groups -OCH3 is 2. The van der Waals surface area contributed by atoms with Crippen LogP contribution in [0, 0.1) is 6.92 Å². The molecule has 0 aliphatic rings. The molecule has 2 aromatic rings. The van der Waals surface area contributed by atoms with E-state index in [-0.39, 0.29) is 17.9 Å². The summed E-state index contributed by atoms with van der Waals surface area (Å²) in [4.78, 5) is 28.2. The van der Waals surface area contributed by atoms with Gasteiger partial charge in [0.1, 0.15) is 6.04 Å². The number of rotatable bonds is 12. The Morgan fingerprint density at radius 1 is 0.970 bits per heavy atom. The van der Waals surface area contributed by atoms with Gasteiger partial charge in [-0.05, 0) is 56.4 Å². The molecule has 2 atom stereocenters. The van der Waals surface area contributed by atoms with Crippen LogP contribution in [-0.2, 0) is 22.6 Å². The average molecular weight is 455 g/mol. The number of carbonyl (C=O) groups is 2. The van der Waals surface area contributed by atoms with Gasteiger partial charge in [-0.25, -0.2) is 0 Å². The predicted molar refractivity (Wildman–Crippen MR) is 132 cm³/mol. The maximum atomic E-state index is 13.4. The summed E-state index contributed by atoms with van der Waals surface area (Å²) in [5.41, 5.74) is 3.13. The second-order valence-corrected chi connectivity index (χ2v) is 8.44. The molecule has 0 aromatic heterocycles. The second kappa shape index (κ2) is 12.9. The lowest BCUT2D eigenvalue weighted by atomic mass is 10.0. The van der Waals surface area contributed by atoms with Crippen molar-refractivity contribution in [2.24, 2.45) is 0 Å². The van der Waals surface area contributed by atoms with Crippen LogP contribution in [0.1, 0.15) is 56.7 Å². The van der Waals surface area contributed by atoms with Crippen LogP contribution in [-0.4, -0.2) is 43.0 Å². The van der Waals surface area contributed by atoms with Crippen molar-refractivity contribution in [1.29, 1.82) is 0 Å². The number of amides is 2. The van der Waals surface area contributed by atoms with E-state index >= 15 is 0 Å². The van der Waals surface area contributed by atoms with Crippen LogP contribution in [0.3, 0.4) is 0 Å². The van der Waals surface area contributed by atoms with E-state index in [1.54, 1.807) is 19.1 Å². The Balaban J connectivity index is 2.23. The maximum absolute atomic E-state index is 13.4. The number of carbonyl (C=O) groups excluding carboxylic acids is 2. The van der Waals surface area contributed by atoms with Gasteiger partial charge < -0.3 is 19.7 Å². The van der Waals surface area contributed by atoms with Crippen LogP contribution in [0.2, 0.25) is 0 Å². The summed E-state index contributed by atoms with van der Waals surface area (Å²) in [6, 6.07) is 13.3. The molecule has 6 heteroatoms. The Morgan fingerprint density at radius 3 is 2.30 bits per heavy atom. The number of aryl methyl sites for hydroxylation is 2. The van der Waals surface area contributed by atoms with E-state index in [4.69, 9.17) is 9.47 Å². The van der Waals surface area contributed by atoms with Gasteiger partial charge in [-0.1, -0.05) is 49.7 Å². The minimum absolute atomic E-state index is 0.0440. The van der Waals surface area contributed by atoms with Crippen molar-refractivity contribution in [3.8, 4) is 11.5 Å². The number of benzene rings is 2. The molecule has 0 bridgehead atoms. The van der Waals surface area contributed by atoms with E-state index < -0.39 is 6.04 Å². The molecule has 0 saturated heterocycles. The number of hydrogen-bond acceptors (Lipinski definition) is 4. The molecule has 2 rings (SSSR count). The van der Waals surface area contributed by atoms with Crippen molar-refractivity contribution in [1.82, 2.24) is 10.2 Å². The first-order valence-electron chi connectivity index (χ1n) is 11.7. The quantitative estimate of drug-likeness (QED) is 0.506. The van der Waals surface area contributed by atoms with Gasteiger partial charge in [-0.15, -0.1) is 0 Å². The summed E-state index contributed by atoms with van der Waals surface area (Å²) in [6.07, 6.45) is 2.24. The molecule has 0 spiro atoms. The van der Waals surface area contributed by atoms with Crippen LogP contribution in [0.4, 0.5) is 0 Å². The molecule has 0 aliphatic heterocycles. The molecule has 6 nitrogen and oxygen atoms in total. The first-order valence-corrected chi connectivity index (χ1v) is 11.7. The fourth-order valence-electron chi connectivity index (χ4n) is 3.80. The van der Waals surface area contributed by atoms with Crippen LogP contribution in [0.5, 0.6) is 11.5 Å². The molecular weight excluding hydrogens is 416 g/mol. The average Bonchev–Trinajstić information content (AvgIpc) is 2.81. The highest BCUT2D eigenvalue weighted by Gasteiger charge is 2.29. The van der Waals surface area contributed by atoms with Crippen LogP contribution in [0.15, 0.2) is 42.5 Å². The number of ether oxygens (including phenoxy) is 2.